The van der Waals surface area contributed by atoms with Gasteiger partial charge in [-0.3, -0.25) is 0 Å². The molecule has 0 bridgehead atoms. The summed E-state index contributed by atoms with van der Waals surface area (Å²) in [6.07, 6.45) is 0.907. The van der Waals surface area contributed by atoms with Crippen molar-refractivity contribution in [3.05, 3.63) is 53.6 Å². The molecule has 0 aliphatic rings. The molecule has 0 amide bonds. The van der Waals surface area contributed by atoms with Gasteiger partial charge in [-0.05, 0) is 43.1 Å². The summed E-state index contributed by atoms with van der Waals surface area (Å²) in [4.78, 5) is 0. The van der Waals surface area contributed by atoms with Gasteiger partial charge in [0.15, 0.2) is 0 Å². The van der Waals surface area contributed by atoms with Crippen LogP contribution in [-0.2, 0) is 11.2 Å². The van der Waals surface area contributed by atoms with Crippen molar-refractivity contribution in [2.24, 2.45) is 5.73 Å². The minimum atomic E-state index is 0.630. The molecule has 0 aliphatic heterocycles. The second-order valence-electron chi connectivity index (χ2n) is 5.83. The lowest BCUT2D eigenvalue weighted by molar-refractivity contribution is 0.197. The highest BCUT2D eigenvalue weighted by Gasteiger charge is 2.07. The van der Waals surface area contributed by atoms with Crippen molar-refractivity contribution in [1.29, 1.82) is 0 Å². The SMILES string of the molecule is COCCNCCOc1ccc(C)cc1-c1ccc(CCN)cc1. The fourth-order valence-corrected chi connectivity index (χ4v) is 2.55. The zero-order chi connectivity index (χ0) is 17.2. The number of aryl methyl sites for hydroxylation is 1. The van der Waals surface area contributed by atoms with Crippen LogP contribution in [0.2, 0.25) is 0 Å². The van der Waals surface area contributed by atoms with Crippen molar-refractivity contribution in [1.82, 2.24) is 5.32 Å². The Morgan fingerprint density at radius 1 is 1.00 bits per heavy atom. The molecule has 0 unspecified atom stereocenters. The second kappa shape index (κ2) is 10.1. The topological polar surface area (TPSA) is 56.5 Å². The van der Waals surface area contributed by atoms with Crippen LogP contribution in [0.5, 0.6) is 5.75 Å². The number of benzene rings is 2. The summed E-state index contributed by atoms with van der Waals surface area (Å²) in [6, 6.07) is 14.9. The molecule has 0 aliphatic carbocycles. The van der Waals surface area contributed by atoms with Gasteiger partial charge in [0.2, 0.25) is 0 Å². The van der Waals surface area contributed by atoms with E-state index in [9.17, 15) is 0 Å². The maximum atomic E-state index is 5.98. The Balaban J connectivity index is 2.04. The minimum Gasteiger partial charge on any atom is -0.492 e. The molecule has 130 valence electrons. The summed E-state index contributed by atoms with van der Waals surface area (Å²) in [5.74, 6) is 0.917. The number of rotatable bonds is 10. The van der Waals surface area contributed by atoms with Gasteiger partial charge in [0, 0.05) is 25.8 Å². The largest absolute Gasteiger partial charge is 0.492 e. The standard InChI is InChI=1S/C20H28N2O2/c1-16-3-8-20(24-14-12-22-11-13-23-2)19(15-16)18-6-4-17(5-7-18)9-10-21/h3-8,15,22H,9-14,21H2,1-2H3. The predicted molar refractivity (Wildman–Crippen MR) is 99.6 cm³/mol. The van der Waals surface area contributed by atoms with Gasteiger partial charge < -0.3 is 20.5 Å². The lowest BCUT2D eigenvalue weighted by Gasteiger charge is -2.13. The fourth-order valence-electron chi connectivity index (χ4n) is 2.55. The van der Waals surface area contributed by atoms with Crippen molar-refractivity contribution < 1.29 is 9.47 Å². The molecule has 0 spiro atoms. The van der Waals surface area contributed by atoms with Crippen LogP contribution < -0.4 is 15.8 Å². The number of hydrogen-bond donors (Lipinski definition) is 2. The molecule has 0 aromatic heterocycles. The Morgan fingerprint density at radius 3 is 2.46 bits per heavy atom. The van der Waals surface area contributed by atoms with Gasteiger partial charge in [-0.25, -0.2) is 0 Å². The van der Waals surface area contributed by atoms with Crippen molar-refractivity contribution in [2.75, 3.05) is 40.0 Å². The molecule has 2 rings (SSSR count). The van der Waals surface area contributed by atoms with Crippen LogP contribution in [0.4, 0.5) is 0 Å². The number of hydrogen-bond acceptors (Lipinski definition) is 4. The van der Waals surface area contributed by atoms with E-state index in [1.54, 1.807) is 7.11 Å². The van der Waals surface area contributed by atoms with Crippen LogP contribution in [0, 0.1) is 6.92 Å². The maximum Gasteiger partial charge on any atom is 0.127 e. The third kappa shape index (κ3) is 5.64. The summed E-state index contributed by atoms with van der Waals surface area (Å²) < 4.78 is 11.0. The summed E-state index contributed by atoms with van der Waals surface area (Å²) in [6.45, 7) is 5.75. The first-order chi connectivity index (χ1) is 11.7. The first kappa shape index (κ1) is 18.5. The molecule has 0 heterocycles. The molecule has 0 saturated carbocycles. The first-order valence-electron chi connectivity index (χ1n) is 8.47. The van der Waals surface area contributed by atoms with E-state index in [1.165, 1.54) is 16.7 Å². The first-order valence-corrected chi connectivity index (χ1v) is 8.47. The van der Waals surface area contributed by atoms with E-state index in [0.29, 0.717) is 19.8 Å². The van der Waals surface area contributed by atoms with E-state index in [4.69, 9.17) is 15.2 Å². The normalized spacial score (nSPS) is 10.8. The van der Waals surface area contributed by atoms with Crippen LogP contribution >= 0.6 is 0 Å². The quantitative estimate of drug-likeness (QED) is 0.659. The van der Waals surface area contributed by atoms with Gasteiger partial charge in [0.25, 0.3) is 0 Å². The maximum absolute atomic E-state index is 5.98. The molecule has 4 nitrogen and oxygen atoms in total. The van der Waals surface area contributed by atoms with Crippen molar-refractivity contribution in [3.8, 4) is 16.9 Å². The van der Waals surface area contributed by atoms with Gasteiger partial charge in [-0.1, -0.05) is 35.9 Å². The fraction of sp³-hybridized carbons (Fsp3) is 0.400. The lowest BCUT2D eigenvalue weighted by atomic mass is 10.0. The molecule has 3 N–H and O–H groups in total. The Bertz CT molecular complexity index is 612. The number of ether oxygens (including phenoxy) is 2. The molecule has 0 fully saturated rings. The molecule has 4 heteroatoms. The average Bonchev–Trinajstić information content (AvgIpc) is 2.60. The molecule has 0 atom stereocenters. The summed E-state index contributed by atoms with van der Waals surface area (Å²) in [5.41, 5.74) is 10.4. The number of nitrogens with two attached hydrogens (primary N) is 1. The summed E-state index contributed by atoms with van der Waals surface area (Å²) in [5, 5.41) is 3.29. The van der Waals surface area contributed by atoms with Crippen LogP contribution in [0.15, 0.2) is 42.5 Å². The summed E-state index contributed by atoms with van der Waals surface area (Å²) in [7, 11) is 1.70. The van der Waals surface area contributed by atoms with Gasteiger partial charge >= 0.3 is 0 Å². The second-order valence-corrected chi connectivity index (χ2v) is 5.83. The molecule has 0 radical (unpaired) electrons. The smallest absolute Gasteiger partial charge is 0.127 e. The Labute approximate surface area is 145 Å². The van der Waals surface area contributed by atoms with E-state index in [-0.39, 0.29) is 0 Å². The van der Waals surface area contributed by atoms with Gasteiger partial charge in [0.1, 0.15) is 12.4 Å². The zero-order valence-electron chi connectivity index (χ0n) is 14.7. The monoisotopic (exact) mass is 328 g/mol. The molecule has 24 heavy (non-hydrogen) atoms. The Hall–Kier alpha value is -1.88. The van der Waals surface area contributed by atoms with E-state index >= 15 is 0 Å². The zero-order valence-corrected chi connectivity index (χ0v) is 14.7. The highest BCUT2D eigenvalue weighted by atomic mass is 16.5. The van der Waals surface area contributed by atoms with Crippen molar-refractivity contribution in [3.63, 3.8) is 0 Å². The third-order valence-corrected chi connectivity index (χ3v) is 3.85. The number of methoxy groups -OCH3 is 1. The summed E-state index contributed by atoms with van der Waals surface area (Å²) >= 11 is 0. The van der Waals surface area contributed by atoms with Crippen LogP contribution in [0.3, 0.4) is 0 Å². The minimum absolute atomic E-state index is 0.630. The lowest BCUT2D eigenvalue weighted by Crippen LogP contribution is -2.24. The van der Waals surface area contributed by atoms with Crippen molar-refractivity contribution >= 4 is 0 Å². The van der Waals surface area contributed by atoms with E-state index in [0.717, 1.165) is 30.8 Å². The molecule has 2 aromatic carbocycles. The number of nitrogens with one attached hydrogen (secondary N) is 1. The Kier molecular flexibility index (Phi) is 7.75. The molecular weight excluding hydrogens is 300 g/mol. The average molecular weight is 328 g/mol. The van der Waals surface area contributed by atoms with Crippen LogP contribution in [0.1, 0.15) is 11.1 Å². The molecular formula is C20H28N2O2. The van der Waals surface area contributed by atoms with Crippen LogP contribution in [0.25, 0.3) is 11.1 Å². The van der Waals surface area contributed by atoms with E-state index < -0.39 is 0 Å². The van der Waals surface area contributed by atoms with Crippen molar-refractivity contribution in [2.45, 2.75) is 13.3 Å². The van der Waals surface area contributed by atoms with Gasteiger partial charge in [-0.2, -0.15) is 0 Å². The van der Waals surface area contributed by atoms with Gasteiger partial charge in [-0.15, -0.1) is 0 Å². The predicted octanol–water partition coefficient (Wildman–Crippen LogP) is 2.78. The van der Waals surface area contributed by atoms with E-state index in [1.807, 2.05) is 6.07 Å². The van der Waals surface area contributed by atoms with Gasteiger partial charge in [0.05, 0.1) is 6.61 Å². The molecule has 0 saturated heterocycles. The highest BCUT2D eigenvalue weighted by Crippen LogP contribution is 2.31. The van der Waals surface area contributed by atoms with E-state index in [2.05, 4.69) is 48.6 Å². The highest BCUT2D eigenvalue weighted by molar-refractivity contribution is 5.71. The third-order valence-electron chi connectivity index (χ3n) is 3.85. The molecule has 2 aromatic rings. The Morgan fingerprint density at radius 2 is 1.75 bits per heavy atom. The van der Waals surface area contributed by atoms with Crippen LogP contribution in [-0.4, -0.2) is 40.0 Å².